The Bertz CT molecular complexity index is 323. The number of hydrogen-bond acceptors (Lipinski definition) is 2. The predicted octanol–water partition coefficient (Wildman–Crippen LogP) is 4.29. The summed E-state index contributed by atoms with van der Waals surface area (Å²) in [4.78, 5) is 2.79. The van der Waals surface area contributed by atoms with E-state index in [0.29, 0.717) is 11.0 Å². The molecule has 1 aliphatic heterocycles. The van der Waals surface area contributed by atoms with E-state index < -0.39 is 0 Å². The molecular weight excluding hydrogens is 256 g/mol. The molecule has 2 heteroatoms. The molecule has 0 bridgehead atoms. The minimum absolute atomic E-state index is 0.295. The first kappa shape index (κ1) is 17.3. The van der Waals surface area contributed by atoms with Crippen LogP contribution in [0.3, 0.4) is 0 Å². The lowest BCUT2D eigenvalue weighted by atomic mass is 9.75. The van der Waals surface area contributed by atoms with Gasteiger partial charge in [-0.3, -0.25) is 4.90 Å². The Kier molecular flexibility index (Phi) is 5.41. The van der Waals surface area contributed by atoms with E-state index in [2.05, 4.69) is 39.5 Å². The van der Waals surface area contributed by atoms with E-state index in [1.165, 1.54) is 51.6 Å². The highest BCUT2D eigenvalue weighted by Crippen LogP contribution is 2.42. The van der Waals surface area contributed by atoms with Gasteiger partial charge in [0, 0.05) is 25.2 Å². The second-order valence-corrected chi connectivity index (χ2v) is 9.27. The fourth-order valence-electron chi connectivity index (χ4n) is 4.96. The van der Waals surface area contributed by atoms with Gasteiger partial charge in [-0.15, -0.1) is 0 Å². The highest BCUT2D eigenvalue weighted by Gasteiger charge is 2.41. The average molecular weight is 295 g/mol. The monoisotopic (exact) mass is 294 g/mol. The molecule has 1 saturated heterocycles. The predicted molar refractivity (Wildman–Crippen MR) is 92.3 cm³/mol. The minimum Gasteiger partial charge on any atom is -0.329 e. The first-order valence-electron chi connectivity index (χ1n) is 9.22. The number of nitrogens with zero attached hydrogens (tertiary/aromatic N) is 1. The van der Waals surface area contributed by atoms with Crippen molar-refractivity contribution in [2.45, 2.75) is 78.7 Å². The molecular formula is C19H38N2. The number of rotatable bonds is 2. The van der Waals surface area contributed by atoms with Gasteiger partial charge in [-0.25, -0.2) is 0 Å². The zero-order valence-electron chi connectivity index (χ0n) is 15.1. The summed E-state index contributed by atoms with van der Waals surface area (Å²) in [5.41, 5.74) is 7.09. The van der Waals surface area contributed by atoms with Gasteiger partial charge in [-0.05, 0) is 55.3 Å². The van der Waals surface area contributed by atoms with E-state index in [4.69, 9.17) is 5.73 Å². The Morgan fingerprint density at radius 3 is 2.19 bits per heavy atom. The summed E-state index contributed by atoms with van der Waals surface area (Å²) >= 11 is 0. The SMILES string of the molecule is CC1CC(C)CN(C2(CN)CCCC(C(C)(C)C)CC2)C1. The van der Waals surface area contributed by atoms with Gasteiger partial charge in [-0.1, -0.05) is 41.0 Å². The van der Waals surface area contributed by atoms with Crippen molar-refractivity contribution in [1.29, 1.82) is 0 Å². The summed E-state index contributed by atoms with van der Waals surface area (Å²) in [5, 5.41) is 0. The molecule has 1 heterocycles. The van der Waals surface area contributed by atoms with E-state index >= 15 is 0 Å². The van der Waals surface area contributed by atoms with Crippen LogP contribution in [0, 0.1) is 23.2 Å². The smallest absolute Gasteiger partial charge is 0.0332 e. The molecule has 2 nitrogen and oxygen atoms in total. The first-order chi connectivity index (χ1) is 9.77. The van der Waals surface area contributed by atoms with E-state index in [0.717, 1.165) is 24.3 Å². The molecule has 0 radical (unpaired) electrons. The fourth-order valence-corrected chi connectivity index (χ4v) is 4.96. The second-order valence-electron chi connectivity index (χ2n) is 9.27. The standard InChI is InChI=1S/C19H38N2/c1-15-11-16(2)13-21(12-15)19(14-20)9-6-7-17(8-10-19)18(3,4)5/h15-17H,6-14,20H2,1-5H3. The van der Waals surface area contributed by atoms with E-state index in [9.17, 15) is 0 Å². The molecule has 0 aromatic heterocycles. The molecule has 2 aliphatic rings. The van der Waals surface area contributed by atoms with Crippen molar-refractivity contribution in [2.24, 2.45) is 28.9 Å². The molecule has 4 unspecified atom stereocenters. The van der Waals surface area contributed by atoms with Crippen LogP contribution >= 0.6 is 0 Å². The maximum absolute atomic E-state index is 6.34. The molecule has 0 aromatic carbocycles. The maximum Gasteiger partial charge on any atom is 0.0332 e. The fraction of sp³-hybridized carbons (Fsp3) is 1.00. The van der Waals surface area contributed by atoms with Crippen LogP contribution in [0.5, 0.6) is 0 Å². The average Bonchev–Trinajstić information content (AvgIpc) is 2.60. The van der Waals surface area contributed by atoms with Gasteiger partial charge in [-0.2, -0.15) is 0 Å². The van der Waals surface area contributed by atoms with Crippen molar-refractivity contribution in [3.05, 3.63) is 0 Å². The second kappa shape index (κ2) is 6.58. The van der Waals surface area contributed by atoms with E-state index in [1.807, 2.05) is 0 Å². The number of hydrogen-bond donors (Lipinski definition) is 1. The van der Waals surface area contributed by atoms with Crippen LogP contribution in [0.15, 0.2) is 0 Å². The van der Waals surface area contributed by atoms with E-state index in [1.54, 1.807) is 0 Å². The summed E-state index contributed by atoms with van der Waals surface area (Å²) in [6.07, 6.45) is 8.13. The normalized spacial score (nSPS) is 40.0. The highest BCUT2D eigenvalue weighted by molar-refractivity contribution is 4.97. The van der Waals surface area contributed by atoms with Gasteiger partial charge >= 0.3 is 0 Å². The Hall–Kier alpha value is -0.0800. The van der Waals surface area contributed by atoms with Crippen molar-refractivity contribution in [1.82, 2.24) is 4.90 Å². The Morgan fingerprint density at radius 1 is 1.05 bits per heavy atom. The third-order valence-electron chi connectivity index (χ3n) is 6.30. The molecule has 4 atom stereocenters. The largest absolute Gasteiger partial charge is 0.329 e. The summed E-state index contributed by atoms with van der Waals surface area (Å²) in [5.74, 6) is 2.53. The Balaban J connectivity index is 2.10. The van der Waals surface area contributed by atoms with Gasteiger partial charge in [0.25, 0.3) is 0 Å². The van der Waals surface area contributed by atoms with Crippen LogP contribution in [0.4, 0.5) is 0 Å². The highest BCUT2D eigenvalue weighted by atomic mass is 15.2. The van der Waals surface area contributed by atoms with Crippen LogP contribution in [-0.2, 0) is 0 Å². The molecule has 124 valence electrons. The Labute approximate surface area is 132 Å². The molecule has 2 rings (SSSR count). The lowest BCUT2D eigenvalue weighted by Gasteiger charge is -2.48. The number of nitrogens with two attached hydrogens (primary N) is 1. The Morgan fingerprint density at radius 2 is 1.67 bits per heavy atom. The van der Waals surface area contributed by atoms with Gasteiger partial charge in [0.15, 0.2) is 0 Å². The maximum atomic E-state index is 6.34. The zero-order chi connectivity index (χ0) is 15.7. The van der Waals surface area contributed by atoms with Crippen LogP contribution in [0.2, 0.25) is 0 Å². The van der Waals surface area contributed by atoms with Gasteiger partial charge in [0.1, 0.15) is 0 Å². The molecule has 2 N–H and O–H groups in total. The molecule has 1 aliphatic carbocycles. The molecule has 2 fully saturated rings. The van der Waals surface area contributed by atoms with Crippen LogP contribution in [0.1, 0.15) is 73.1 Å². The molecule has 0 amide bonds. The number of piperidine rings is 1. The minimum atomic E-state index is 0.295. The molecule has 21 heavy (non-hydrogen) atoms. The van der Waals surface area contributed by atoms with Crippen molar-refractivity contribution in [3.8, 4) is 0 Å². The summed E-state index contributed by atoms with van der Waals surface area (Å²) in [6.45, 7) is 15.5. The quantitative estimate of drug-likeness (QED) is 0.770. The van der Waals surface area contributed by atoms with Crippen molar-refractivity contribution in [3.63, 3.8) is 0 Å². The van der Waals surface area contributed by atoms with Gasteiger partial charge < -0.3 is 5.73 Å². The lowest BCUT2D eigenvalue weighted by molar-refractivity contribution is 0.0169. The van der Waals surface area contributed by atoms with Crippen molar-refractivity contribution in [2.75, 3.05) is 19.6 Å². The van der Waals surface area contributed by atoms with Crippen molar-refractivity contribution >= 4 is 0 Å². The summed E-state index contributed by atoms with van der Waals surface area (Å²) in [6, 6.07) is 0. The first-order valence-corrected chi connectivity index (χ1v) is 9.22. The number of likely N-dealkylation sites (tertiary alicyclic amines) is 1. The van der Waals surface area contributed by atoms with Crippen LogP contribution in [0.25, 0.3) is 0 Å². The van der Waals surface area contributed by atoms with E-state index in [-0.39, 0.29) is 0 Å². The molecule has 1 saturated carbocycles. The lowest BCUT2D eigenvalue weighted by Crippen LogP contribution is -2.58. The summed E-state index contributed by atoms with van der Waals surface area (Å²) < 4.78 is 0. The van der Waals surface area contributed by atoms with Gasteiger partial charge in [0.2, 0.25) is 0 Å². The van der Waals surface area contributed by atoms with Gasteiger partial charge in [0.05, 0.1) is 0 Å². The van der Waals surface area contributed by atoms with Crippen molar-refractivity contribution < 1.29 is 0 Å². The topological polar surface area (TPSA) is 29.3 Å². The zero-order valence-corrected chi connectivity index (χ0v) is 15.1. The summed E-state index contributed by atoms with van der Waals surface area (Å²) in [7, 11) is 0. The van der Waals surface area contributed by atoms with Crippen LogP contribution < -0.4 is 5.73 Å². The third-order valence-corrected chi connectivity index (χ3v) is 6.30. The van der Waals surface area contributed by atoms with Crippen LogP contribution in [-0.4, -0.2) is 30.1 Å². The molecule has 0 aromatic rings. The third kappa shape index (κ3) is 4.01. The molecule has 0 spiro atoms.